The molecule has 6 heteroatoms. The van der Waals surface area contributed by atoms with Crippen molar-refractivity contribution in [1.29, 1.82) is 0 Å². The fourth-order valence-electron chi connectivity index (χ4n) is 3.96. The summed E-state index contributed by atoms with van der Waals surface area (Å²) in [7, 11) is 0. The standard InChI is InChI=1S/C27H56N4O2/c1-2-3-4-5-6-7-8-9-10-11-12-13-14-15-16-17-22-29-23-18-20-26(32)31-25-27(33)30-24-19-21-28/h29H,2-25,28H2,1H3,(H,30,33)(H,31,32). The minimum atomic E-state index is -0.154. The molecule has 0 radical (unpaired) electrons. The van der Waals surface area contributed by atoms with Crippen LogP contribution in [0.3, 0.4) is 0 Å². The fraction of sp³-hybridized carbons (Fsp3) is 0.926. The maximum Gasteiger partial charge on any atom is 0.239 e. The third-order valence-electron chi connectivity index (χ3n) is 6.11. The van der Waals surface area contributed by atoms with Crippen LogP contribution in [0.1, 0.15) is 129 Å². The first-order valence-corrected chi connectivity index (χ1v) is 14.1. The molecule has 0 saturated carbocycles. The van der Waals surface area contributed by atoms with Crippen LogP contribution in [0.4, 0.5) is 0 Å². The molecule has 0 atom stereocenters. The first-order valence-electron chi connectivity index (χ1n) is 14.1. The van der Waals surface area contributed by atoms with Gasteiger partial charge in [-0.3, -0.25) is 9.59 Å². The molecule has 0 saturated heterocycles. The minimum Gasteiger partial charge on any atom is -0.355 e. The Balaban J connectivity index is 3.18. The largest absolute Gasteiger partial charge is 0.355 e. The van der Waals surface area contributed by atoms with Gasteiger partial charge in [0, 0.05) is 13.0 Å². The van der Waals surface area contributed by atoms with Gasteiger partial charge in [-0.05, 0) is 38.9 Å². The van der Waals surface area contributed by atoms with E-state index in [1.807, 2.05) is 0 Å². The zero-order chi connectivity index (χ0) is 24.2. The topological polar surface area (TPSA) is 96.2 Å². The molecule has 0 aromatic carbocycles. The zero-order valence-electron chi connectivity index (χ0n) is 21.9. The molecule has 6 nitrogen and oxygen atoms in total. The van der Waals surface area contributed by atoms with Gasteiger partial charge in [-0.25, -0.2) is 0 Å². The van der Waals surface area contributed by atoms with Crippen molar-refractivity contribution in [3.8, 4) is 0 Å². The third kappa shape index (κ3) is 27.0. The summed E-state index contributed by atoms with van der Waals surface area (Å²) in [5.74, 6) is -0.216. The summed E-state index contributed by atoms with van der Waals surface area (Å²) < 4.78 is 0. The van der Waals surface area contributed by atoms with E-state index in [0.29, 0.717) is 19.5 Å². The van der Waals surface area contributed by atoms with Crippen molar-refractivity contribution in [2.75, 3.05) is 32.7 Å². The highest BCUT2D eigenvalue weighted by atomic mass is 16.2. The van der Waals surface area contributed by atoms with Crippen LogP contribution in [0.25, 0.3) is 0 Å². The lowest BCUT2D eigenvalue weighted by Crippen LogP contribution is -2.37. The molecular formula is C27H56N4O2. The van der Waals surface area contributed by atoms with Crippen molar-refractivity contribution in [2.24, 2.45) is 5.73 Å². The predicted molar refractivity (Wildman–Crippen MR) is 141 cm³/mol. The normalized spacial score (nSPS) is 11.0. The molecule has 0 fully saturated rings. The zero-order valence-corrected chi connectivity index (χ0v) is 21.9. The van der Waals surface area contributed by atoms with Gasteiger partial charge in [-0.2, -0.15) is 0 Å². The molecule has 0 unspecified atom stereocenters. The first-order chi connectivity index (χ1) is 16.2. The average Bonchev–Trinajstić information content (AvgIpc) is 2.81. The van der Waals surface area contributed by atoms with Crippen molar-refractivity contribution in [3.63, 3.8) is 0 Å². The molecule has 0 aromatic heterocycles. The Labute approximate surface area is 205 Å². The molecular weight excluding hydrogens is 412 g/mol. The summed E-state index contributed by atoms with van der Waals surface area (Å²) in [6, 6.07) is 0. The predicted octanol–water partition coefficient (Wildman–Crippen LogP) is 5.20. The highest BCUT2D eigenvalue weighted by molar-refractivity contribution is 5.84. The van der Waals surface area contributed by atoms with Crippen molar-refractivity contribution in [3.05, 3.63) is 0 Å². The first kappa shape index (κ1) is 31.9. The van der Waals surface area contributed by atoms with Gasteiger partial charge in [0.25, 0.3) is 0 Å². The number of rotatable bonds is 26. The van der Waals surface area contributed by atoms with E-state index >= 15 is 0 Å². The summed E-state index contributed by atoms with van der Waals surface area (Å²) in [6.07, 6.45) is 24.3. The van der Waals surface area contributed by atoms with E-state index in [1.54, 1.807) is 0 Å². The lowest BCUT2D eigenvalue weighted by molar-refractivity contribution is -0.126. The highest BCUT2D eigenvalue weighted by Crippen LogP contribution is 2.13. The van der Waals surface area contributed by atoms with E-state index in [9.17, 15) is 9.59 Å². The van der Waals surface area contributed by atoms with Crippen LogP contribution in [0.2, 0.25) is 0 Å². The molecule has 0 heterocycles. The van der Waals surface area contributed by atoms with Crippen molar-refractivity contribution in [2.45, 2.75) is 129 Å². The minimum absolute atomic E-state index is 0.0516. The van der Waals surface area contributed by atoms with Crippen molar-refractivity contribution < 1.29 is 9.59 Å². The lowest BCUT2D eigenvalue weighted by Gasteiger charge is -2.07. The number of carbonyl (C=O) groups excluding carboxylic acids is 2. The van der Waals surface area contributed by atoms with Gasteiger partial charge in [-0.15, -0.1) is 0 Å². The second-order valence-corrected chi connectivity index (χ2v) is 9.43. The Kier molecular flexibility index (Phi) is 26.2. The quantitative estimate of drug-likeness (QED) is 0.131. The van der Waals surface area contributed by atoms with Gasteiger partial charge >= 0.3 is 0 Å². The van der Waals surface area contributed by atoms with Gasteiger partial charge in [0.05, 0.1) is 6.54 Å². The van der Waals surface area contributed by atoms with Crippen LogP contribution in [0.5, 0.6) is 0 Å². The molecule has 0 bridgehead atoms. The van der Waals surface area contributed by atoms with Gasteiger partial charge in [-0.1, -0.05) is 103 Å². The summed E-state index contributed by atoms with van der Waals surface area (Å²) in [4.78, 5) is 23.2. The number of amides is 2. The summed E-state index contributed by atoms with van der Waals surface area (Å²) in [5, 5.41) is 8.80. The number of carbonyl (C=O) groups is 2. The number of nitrogens with two attached hydrogens (primary N) is 1. The molecule has 0 aromatic rings. The molecule has 0 rings (SSSR count). The average molecular weight is 469 g/mol. The van der Waals surface area contributed by atoms with E-state index in [0.717, 1.165) is 25.9 Å². The van der Waals surface area contributed by atoms with Crippen molar-refractivity contribution in [1.82, 2.24) is 16.0 Å². The van der Waals surface area contributed by atoms with E-state index in [4.69, 9.17) is 5.73 Å². The van der Waals surface area contributed by atoms with Crippen molar-refractivity contribution >= 4 is 11.8 Å². The maximum atomic E-state index is 11.7. The van der Waals surface area contributed by atoms with E-state index < -0.39 is 0 Å². The van der Waals surface area contributed by atoms with Gasteiger partial charge in [0.1, 0.15) is 0 Å². The summed E-state index contributed by atoms with van der Waals surface area (Å²) in [6.45, 7) is 5.34. The van der Waals surface area contributed by atoms with E-state index in [2.05, 4.69) is 22.9 Å². The summed E-state index contributed by atoms with van der Waals surface area (Å²) in [5.41, 5.74) is 5.37. The molecule has 2 amide bonds. The second kappa shape index (κ2) is 27.1. The Bertz CT molecular complexity index is 432. The third-order valence-corrected chi connectivity index (χ3v) is 6.11. The molecule has 0 aliphatic carbocycles. The Morgan fingerprint density at radius 2 is 1.03 bits per heavy atom. The van der Waals surface area contributed by atoms with Crippen LogP contribution in [-0.4, -0.2) is 44.5 Å². The number of hydrogen-bond acceptors (Lipinski definition) is 4. The monoisotopic (exact) mass is 468 g/mol. The molecule has 0 aliphatic heterocycles. The molecule has 0 spiro atoms. The number of nitrogens with one attached hydrogen (secondary N) is 3. The smallest absolute Gasteiger partial charge is 0.239 e. The van der Waals surface area contributed by atoms with Gasteiger partial charge in [0.2, 0.25) is 11.8 Å². The Morgan fingerprint density at radius 1 is 0.545 bits per heavy atom. The molecule has 0 aliphatic rings. The van der Waals surface area contributed by atoms with Gasteiger partial charge in [0.15, 0.2) is 0 Å². The van der Waals surface area contributed by atoms with Crippen LogP contribution in [0, 0.1) is 0 Å². The Hall–Kier alpha value is -1.14. The van der Waals surface area contributed by atoms with Crippen LogP contribution < -0.4 is 21.7 Å². The van der Waals surface area contributed by atoms with Crippen LogP contribution in [-0.2, 0) is 9.59 Å². The van der Waals surface area contributed by atoms with E-state index in [1.165, 1.54) is 103 Å². The second-order valence-electron chi connectivity index (χ2n) is 9.43. The van der Waals surface area contributed by atoms with Crippen LogP contribution in [0.15, 0.2) is 0 Å². The van der Waals surface area contributed by atoms with E-state index in [-0.39, 0.29) is 18.4 Å². The van der Waals surface area contributed by atoms with Gasteiger partial charge < -0.3 is 21.7 Å². The highest BCUT2D eigenvalue weighted by Gasteiger charge is 2.04. The van der Waals surface area contributed by atoms with Crippen LogP contribution >= 0.6 is 0 Å². The summed E-state index contributed by atoms with van der Waals surface area (Å²) >= 11 is 0. The SMILES string of the molecule is CCCCCCCCCCCCCCCCCCNCCCC(=O)NCC(=O)NCCCN. The maximum absolute atomic E-state index is 11.7. The molecule has 5 N–H and O–H groups in total. The fourth-order valence-corrected chi connectivity index (χ4v) is 3.96. The number of hydrogen-bond donors (Lipinski definition) is 4. The lowest BCUT2D eigenvalue weighted by atomic mass is 10.0. The molecule has 196 valence electrons. The molecule has 33 heavy (non-hydrogen) atoms. The number of unbranched alkanes of at least 4 members (excludes halogenated alkanes) is 15. The Morgan fingerprint density at radius 3 is 1.55 bits per heavy atom.